The van der Waals surface area contributed by atoms with E-state index in [0.29, 0.717) is 6.67 Å². The van der Waals surface area contributed by atoms with E-state index in [1.165, 1.54) is 16.7 Å². The van der Waals surface area contributed by atoms with Gasteiger partial charge in [0.05, 0.1) is 22.4 Å². The second-order valence-corrected chi connectivity index (χ2v) is 20.5. The Balaban J connectivity index is 1.01. The largest absolute Gasteiger partial charge is 0.468 e. The van der Waals surface area contributed by atoms with Crippen molar-refractivity contribution in [1.82, 2.24) is 9.55 Å². The molecule has 8 nitrogen and oxygen atoms in total. The molecule has 2 aromatic heterocycles. The number of ether oxygens (including phenoxy) is 1. The summed E-state index contributed by atoms with van der Waals surface area (Å²) in [4.78, 5) is 9.57. The maximum Gasteiger partial charge on any atom is 0.468 e. The lowest BCUT2D eigenvalue weighted by molar-refractivity contribution is 0.250. The highest BCUT2D eigenvalue weighted by Gasteiger charge is 2.52. The Labute approximate surface area is 384 Å². The van der Waals surface area contributed by atoms with Gasteiger partial charge in [-0.25, -0.2) is 4.98 Å². The summed E-state index contributed by atoms with van der Waals surface area (Å²) in [6.07, 6.45) is 1.84. The third-order valence-corrected chi connectivity index (χ3v) is 12.4. The molecule has 4 heterocycles. The van der Waals surface area contributed by atoms with E-state index in [1.54, 1.807) is 0 Å². The summed E-state index contributed by atoms with van der Waals surface area (Å²) in [6, 6.07) is 53.1. The van der Waals surface area contributed by atoms with E-state index in [2.05, 4.69) is 210 Å². The van der Waals surface area contributed by atoms with Crippen molar-refractivity contribution >= 4 is 71.4 Å². The molecule has 0 bridgehead atoms. The standard InChI is InChI=1S/C54H55B3N4O4/c1-52(2,3)44-23-18-24-45(55-63-56(53(4,5)6)65-57(64-55)54(7,8)9)51(44)60-36-59(47-25-13-14-26-48(47)60)39-21-17-22-40(34-39)62-41-29-30-42-43-33-38(37-19-11-10-12-20-37)28-31-46(43)61(49(42)35-41)50-27-15-16-32-58-50/h10-35H,36H2,1-9H3. The van der Waals surface area contributed by atoms with E-state index in [-0.39, 0.29) is 16.0 Å². The van der Waals surface area contributed by atoms with Gasteiger partial charge in [0.15, 0.2) is 0 Å². The molecule has 0 N–H and O–H groups in total. The molecule has 11 heteroatoms. The van der Waals surface area contributed by atoms with Crippen LogP contribution in [0.25, 0.3) is 38.8 Å². The van der Waals surface area contributed by atoms with Gasteiger partial charge in [-0.05, 0) is 93.4 Å². The van der Waals surface area contributed by atoms with Crippen LogP contribution in [0.15, 0.2) is 158 Å². The molecule has 6 aromatic carbocycles. The summed E-state index contributed by atoms with van der Waals surface area (Å²) in [7, 11) is -1.58. The number of hydrogen-bond donors (Lipinski definition) is 0. The number of aromatic nitrogens is 2. The van der Waals surface area contributed by atoms with Gasteiger partial charge in [0.2, 0.25) is 0 Å². The highest BCUT2D eigenvalue weighted by molar-refractivity contribution is 6.81. The van der Waals surface area contributed by atoms with Crippen LogP contribution >= 0.6 is 0 Å². The van der Waals surface area contributed by atoms with Crippen molar-refractivity contribution in [1.29, 1.82) is 0 Å². The van der Waals surface area contributed by atoms with Gasteiger partial charge >= 0.3 is 21.4 Å². The predicted molar refractivity (Wildman–Crippen MR) is 271 cm³/mol. The Morgan fingerprint density at radius 1 is 0.538 bits per heavy atom. The molecule has 0 amide bonds. The van der Waals surface area contributed by atoms with E-state index < -0.39 is 21.4 Å². The van der Waals surface area contributed by atoms with E-state index in [1.807, 2.05) is 24.4 Å². The highest BCUT2D eigenvalue weighted by Crippen LogP contribution is 2.48. The summed E-state index contributed by atoms with van der Waals surface area (Å²) in [5, 5.41) is 1.75. The molecule has 0 atom stereocenters. The molecular weight excluding hydrogens is 801 g/mol. The van der Waals surface area contributed by atoms with Gasteiger partial charge in [0.25, 0.3) is 0 Å². The molecule has 0 radical (unpaired) electrons. The van der Waals surface area contributed by atoms with Crippen LogP contribution in [0.4, 0.5) is 22.7 Å². The molecule has 1 fully saturated rings. The molecule has 0 aliphatic carbocycles. The fourth-order valence-electron chi connectivity index (χ4n) is 9.14. The molecule has 65 heavy (non-hydrogen) atoms. The summed E-state index contributed by atoms with van der Waals surface area (Å²) in [5.41, 5.74) is 10.8. The normalized spacial score (nSPS) is 14.8. The SMILES string of the molecule is CC(C)(C)B1OB(c2cccc(C(C)(C)C)c2N2CN(c3cccc(Oc4ccc5c6cc(-c7ccccc7)ccc6n(-c6ccccn6)c5c4)c3)c3ccccc32)OB(C(C)(C)C)O1. The van der Waals surface area contributed by atoms with E-state index in [4.69, 9.17) is 23.4 Å². The first kappa shape index (κ1) is 42.7. The second-order valence-electron chi connectivity index (χ2n) is 20.5. The zero-order valence-corrected chi connectivity index (χ0v) is 38.9. The van der Waals surface area contributed by atoms with Crippen molar-refractivity contribution in [2.75, 3.05) is 16.5 Å². The minimum absolute atomic E-state index is 0.187. The minimum Gasteiger partial charge on any atom is -0.457 e. The van der Waals surface area contributed by atoms with Crippen LogP contribution in [0.2, 0.25) is 10.6 Å². The number of hydrogen-bond acceptors (Lipinski definition) is 7. The number of nitrogens with zero attached hydrogens (tertiary/aromatic N) is 4. The molecule has 0 saturated carbocycles. The first-order chi connectivity index (χ1) is 31.1. The van der Waals surface area contributed by atoms with Crippen LogP contribution < -0.4 is 20.0 Å². The van der Waals surface area contributed by atoms with Crippen LogP contribution in [0.1, 0.15) is 67.9 Å². The van der Waals surface area contributed by atoms with Crippen LogP contribution in [-0.4, -0.2) is 37.6 Å². The Morgan fingerprint density at radius 3 is 1.91 bits per heavy atom. The predicted octanol–water partition coefficient (Wildman–Crippen LogP) is 13.5. The minimum atomic E-state index is -0.646. The maximum absolute atomic E-state index is 6.80. The van der Waals surface area contributed by atoms with Crippen molar-refractivity contribution in [3.8, 4) is 28.4 Å². The number of fused-ring (bicyclic) bond motifs is 4. The van der Waals surface area contributed by atoms with E-state index in [0.717, 1.165) is 67.3 Å². The molecule has 0 spiro atoms. The van der Waals surface area contributed by atoms with Crippen molar-refractivity contribution in [2.45, 2.75) is 78.4 Å². The Morgan fingerprint density at radius 2 is 1.22 bits per heavy atom. The van der Waals surface area contributed by atoms with Crippen LogP contribution in [0.3, 0.4) is 0 Å². The zero-order valence-electron chi connectivity index (χ0n) is 38.9. The topological polar surface area (TPSA) is 61.2 Å². The molecule has 324 valence electrons. The molecular formula is C54H55B3N4O4. The Hall–Kier alpha value is -6.26. The number of benzene rings is 6. The summed E-state index contributed by atoms with van der Waals surface area (Å²) >= 11 is 0. The van der Waals surface area contributed by atoms with E-state index >= 15 is 0 Å². The van der Waals surface area contributed by atoms with Crippen LogP contribution in [0.5, 0.6) is 11.5 Å². The summed E-state index contributed by atoms with van der Waals surface area (Å²) < 4.78 is 29.1. The fourth-order valence-corrected chi connectivity index (χ4v) is 9.14. The quantitative estimate of drug-likeness (QED) is 0.148. The van der Waals surface area contributed by atoms with Crippen LogP contribution in [0, 0.1) is 0 Å². The van der Waals surface area contributed by atoms with Crippen molar-refractivity contribution in [3.63, 3.8) is 0 Å². The lowest BCUT2D eigenvalue weighted by Gasteiger charge is -2.42. The lowest BCUT2D eigenvalue weighted by Crippen LogP contribution is -2.59. The van der Waals surface area contributed by atoms with Gasteiger partial charge < -0.3 is 28.3 Å². The second kappa shape index (κ2) is 16.3. The first-order valence-electron chi connectivity index (χ1n) is 22.7. The highest BCUT2D eigenvalue weighted by atomic mass is 16.7. The van der Waals surface area contributed by atoms with Gasteiger partial charge in [-0.3, -0.25) is 4.57 Å². The zero-order chi connectivity index (χ0) is 45.3. The first-order valence-corrected chi connectivity index (χ1v) is 22.7. The molecule has 1 saturated heterocycles. The third kappa shape index (κ3) is 8.11. The van der Waals surface area contributed by atoms with Crippen molar-refractivity contribution < 1.29 is 18.5 Å². The number of para-hydroxylation sites is 3. The smallest absolute Gasteiger partial charge is 0.457 e. The molecule has 2 aliphatic rings. The monoisotopic (exact) mass is 856 g/mol. The molecule has 0 unspecified atom stereocenters. The lowest BCUT2D eigenvalue weighted by atomic mass is 9.50. The van der Waals surface area contributed by atoms with Crippen molar-refractivity contribution in [3.05, 3.63) is 163 Å². The molecule has 10 rings (SSSR count). The van der Waals surface area contributed by atoms with Crippen LogP contribution in [-0.2, 0) is 19.1 Å². The number of anilines is 4. The van der Waals surface area contributed by atoms with E-state index in [9.17, 15) is 0 Å². The number of pyridine rings is 1. The Bertz CT molecular complexity index is 3010. The summed E-state index contributed by atoms with van der Waals surface area (Å²) in [6.45, 7) is 20.3. The van der Waals surface area contributed by atoms with Crippen molar-refractivity contribution in [2.24, 2.45) is 0 Å². The third-order valence-electron chi connectivity index (χ3n) is 12.4. The average Bonchev–Trinajstić information content (AvgIpc) is 3.84. The average molecular weight is 856 g/mol. The Kier molecular flexibility index (Phi) is 10.7. The van der Waals surface area contributed by atoms with Gasteiger partial charge in [0, 0.05) is 45.9 Å². The summed E-state index contributed by atoms with van der Waals surface area (Å²) in [5.74, 6) is 2.33. The fraction of sp³-hybridized carbons (Fsp3) is 0.241. The molecule has 2 aliphatic heterocycles. The maximum atomic E-state index is 6.80. The van der Waals surface area contributed by atoms with Gasteiger partial charge in [-0.15, -0.1) is 0 Å². The van der Waals surface area contributed by atoms with Gasteiger partial charge in [-0.1, -0.05) is 141 Å². The molecule has 8 aromatic rings. The van der Waals surface area contributed by atoms with Gasteiger partial charge in [0.1, 0.15) is 24.0 Å². The van der Waals surface area contributed by atoms with Gasteiger partial charge in [-0.2, -0.15) is 0 Å². The number of rotatable bonds is 7.